The lowest BCUT2D eigenvalue weighted by molar-refractivity contribution is -0.128. The molecule has 11 nitrogen and oxygen atoms in total. The number of thioether (sulfide) groups is 2. The van der Waals surface area contributed by atoms with E-state index in [1.165, 1.54) is 23.5 Å². The number of halogens is 2. The van der Waals surface area contributed by atoms with Crippen molar-refractivity contribution in [2.24, 2.45) is 5.16 Å². The highest BCUT2D eigenvalue weighted by Crippen LogP contribution is 2.26. The number of nitrogens with one attached hydrogen (secondary N) is 2. The fraction of sp³-hybridized carbons (Fsp3) is 0.389. The molecular formula is C36H43Br2N5O6S2. The van der Waals surface area contributed by atoms with Crippen LogP contribution in [0.4, 0.5) is 0 Å². The Kier molecular flexibility index (Phi) is 16.5. The van der Waals surface area contributed by atoms with E-state index in [2.05, 4.69) is 64.5 Å². The van der Waals surface area contributed by atoms with Crippen molar-refractivity contribution < 1.29 is 28.7 Å². The molecule has 2 N–H and O–H groups in total. The normalized spacial score (nSPS) is 12.8. The van der Waals surface area contributed by atoms with Crippen LogP contribution in [0.25, 0.3) is 21.8 Å². The van der Waals surface area contributed by atoms with Crippen molar-refractivity contribution in [1.29, 1.82) is 0 Å². The highest BCUT2D eigenvalue weighted by atomic mass is 79.9. The van der Waals surface area contributed by atoms with Crippen LogP contribution in [0.15, 0.2) is 75.0 Å². The van der Waals surface area contributed by atoms with E-state index in [1.807, 2.05) is 62.6 Å². The molecule has 4 aromatic rings. The molecule has 0 aliphatic rings. The van der Waals surface area contributed by atoms with Crippen LogP contribution < -0.4 is 20.1 Å². The number of oxime groups is 1. The van der Waals surface area contributed by atoms with Gasteiger partial charge in [0.05, 0.1) is 28.3 Å². The summed E-state index contributed by atoms with van der Waals surface area (Å²) in [5.41, 5.74) is -1.31. The van der Waals surface area contributed by atoms with E-state index in [9.17, 15) is 14.4 Å². The second kappa shape index (κ2) is 20.0. The third-order valence-electron chi connectivity index (χ3n) is 6.81. The summed E-state index contributed by atoms with van der Waals surface area (Å²) in [5.74, 6) is 0.596. The topological polar surface area (TPSA) is 141 Å². The Hall–Kier alpha value is -3.40. The van der Waals surface area contributed by atoms with Crippen molar-refractivity contribution >= 4 is 102 Å². The molecule has 0 aliphatic carbocycles. The number of rotatable bonds is 16. The molecule has 0 fully saturated rings. The minimum Gasteiger partial charge on any atom is -0.470 e. The van der Waals surface area contributed by atoms with Gasteiger partial charge in [-0.3, -0.25) is 19.6 Å². The van der Waals surface area contributed by atoms with E-state index in [0.717, 1.165) is 43.6 Å². The number of hydrogen-bond donors (Lipinski definition) is 2. The predicted octanol–water partition coefficient (Wildman–Crippen LogP) is 7.92. The lowest BCUT2D eigenvalue weighted by Gasteiger charge is -2.24. The van der Waals surface area contributed by atoms with Gasteiger partial charge in [-0.25, -0.2) is 0 Å². The summed E-state index contributed by atoms with van der Waals surface area (Å²) in [4.78, 5) is 49.7. The van der Waals surface area contributed by atoms with Gasteiger partial charge in [-0.05, 0) is 127 Å². The van der Waals surface area contributed by atoms with Gasteiger partial charge in [0, 0.05) is 32.1 Å². The van der Waals surface area contributed by atoms with Gasteiger partial charge in [0.1, 0.15) is 24.4 Å². The fourth-order valence-electron chi connectivity index (χ4n) is 4.22. The van der Waals surface area contributed by atoms with Crippen molar-refractivity contribution in [2.75, 3.05) is 19.1 Å². The first-order valence-electron chi connectivity index (χ1n) is 16.0. The number of aldehydes is 1. The predicted molar refractivity (Wildman–Crippen MR) is 215 cm³/mol. The molecule has 2 aromatic heterocycles. The Labute approximate surface area is 324 Å². The first-order valence-corrected chi connectivity index (χ1v) is 20.1. The number of carbonyl (C=O) groups excluding carboxylic acids is 3. The van der Waals surface area contributed by atoms with E-state index in [1.54, 1.807) is 44.8 Å². The van der Waals surface area contributed by atoms with Gasteiger partial charge in [0.2, 0.25) is 10.9 Å². The number of fused-ring (bicyclic) bond motifs is 2. The molecular weight excluding hydrogens is 822 g/mol. The first kappa shape index (κ1) is 42.0. The Morgan fingerprint density at radius 2 is 1.29 bits per heavy atom. The van der Waals surface area contributed by atoms with E-state index in [-0.39, 0.29) is 11.8 Å². The number of carbonyl (C=O) groups is 3. The molecule has 2 atom stereocenters. The summed E-state index contributed by atoms with van der Waals surface area (Å²) in [6.45, 7) is 9.64. The number of aromatic nitrogens is 2. The van der Waals surface area contributed by atoms with Crippen molar-refractivity contribution in [3.05, 3.63) is 69.9 Å². The maximum Gasteiger partial charge on any atom is 0.272 e. The van der Waals surface area contributed by atoms with Gasteiger partial charge in [-0.1, -0.05) is 18.5 Å². The maximum atomic E-state index is 12.7. The van der Waals surface area contributed by atoms with Gasteiger partial charge in [-0.2, -0.15) is 0 Å². The van der Waals surface area contributed by atoms with Gasteiger partial charge >= 0.3 is 0 Å². The third kappa shape index (κ3) is 13.9. The molecule has 51 heavy (non-hydrogen) atoms. The van der Waals surface area contributed by atoms with Crippen LogP contribution in [0.5, 0.6) is 11.5 Å². The average Bonchev–Trinajstić information content (AvgIpc) is 3.08. The number of pyridine rings is 2. The van der Waals surface area contributed by atoms with Gasteiger partial charge in [0.25, 0.3) is 11.8 Å². The number of benzene rings is 2. The number of hydrogen-bond acceptors (Lipinski definition) is 11. The van der Waals surface area contributed by atoms with Crippen LogP contribution in [-0.2, 0) is 19.2 Å². The van der Waals surface area contributed by atoms with Gasteiger partial charge < -0.3 is 29.7 Å². The molecule has 2 unspecified atom stereocenters. The zero-order valence-electron chi connectivity index (χ0n) is 29.6. The Morgan fingerprint density at radius 3 is 1.73 bits per heavy atom. The Bertz CT molecular complexity index is 1830. The summed E-state index contributed by atoms with van der Waals surface area (Å²) in [5, 5.41) is 11.4. The standard InChI is InChI=1S/C20H26BrN3O3S.C16H17BrN2O3S/c1-5-6-9-26-23-13-20(2,3)24-18(25)19(28-4)27-16-7-8-17-14(11-16)10-15(21)12-22-17;1-16(2,9-20)19-14(21)15(23-3)22-12-4-5-13-10(7-12)6-11(17)8-18-13/h7-8,10-13,19H,5-6,9H2,1-4H3,(H,24,25);4-9,15H,1-3H3,(H,19,21). The summed E-state index contributed by atoms with van der Waals surface area (Å²) >= 11 is 9.38. The molecule has 0 saturated carbocycles. The second-order valence-electron chi connectivity index (χ2n) is 12.3. The van der Waals surface area contributed by atoms with Crippen LogP contribution in [0.3, 0.4) is 0 Å². The van der Waals surface area contributed by atoms with Crippen LogP contribution in [0.2, 0.25) is 0 Å². The molecule has 2 heterocycles. The van der Waals surface area contributed by atoms with Crippen LogP contribution in [0, 0.1) is 0 Å². The smallest absolute Gasteiger partial charge is 0.272 e. The van der Waals surface area contributed by atoms with Crippen molar-refractivity contribution in [3.8, 4) is 11.5 Å². The number of ether oxygens (including phenoxy) is 2. The average molecular weight is 866 g/mol. The minimum atomic E-state index is -0.924. The highest BCUT2D eigenvalue weighted by molar-refractivity contribution is 9.10. The second-order valence-corrected chi connectivity index (χ2v) is 16.0. The fourth-order valence-corrected chi connectivity index (χ4v) is 5.88. The van der Waals surface area contributed by atoms with Gasteiger partial charge in [-0.15, -0.1) is 23.5 Å². The summed E-state index contributed by atoms with van der Waals surface area (Å²) < 4.78 is 13.4. The maximum absolute atomic E-state index is 12.7. The lowest BCUT2D eigenvalue weighted by atomic mass is 10.1. The quantitative estimate of drug-likeness (QED) is 0.0375. The Morgan fingerprint density at radius 1 is 0.824 bits per heavy atom. The SMILES string of the molecule is CCCCON=CC(C)(C)NC(=O)C(Oc1ccc2ncc(Br)cc2c1)SC.CSC(Oc1ccc2ncc(Br)cc2c1)C(=O)NC(C)(C)C=O. The molecule has 0 aliphatic heterocycles. The molecule has 4 rings (SSSR count). The Balaban J connectivity index is 0.000000281. The lowest BCUT2D eigenvalue weighted by Crippen LogP contribution is -2.49. The number of nitrogens with zero attached hydrogens (tertiary/aromatic N) is 3. The molecule has 0 radical (unpaired) electrons. The molecule has 0 bridgehead atoms. The van der Waals surface area contributed by atoms with Crippen LogP contribution in [0.1, 0.15) is 47.5 Å². The summed E-state index contributed by atoms with van der Waals surface area (Å²) in [6, 6.07) is 14.9. The summed E-state index contributed by atoms with van der Waals surface area (Å²) in [6.07, 6.45) is 11.4. The minimum absolute atomic E-state index is 0.232. The van der Waals surface area contributed by atoms with Crippen LogP contribution in [-0.4, -0.2) is 75.4 Å². The van der Waals surface area contributed by atoms with Crippen molar-refractivity contribution in [3.63, 3.8) is 0 Å². The number of amides is 2. The van der Waals surface area contributed by atoms with Crippen LogP contribution >= 0.6 is 55.4 Å². The molecule has 0 spiro atoms. The zero-order valence-corrected chi connectivity index (χ0v) is 34.4. The van der Waals surface area contributed by atoms with E-state index < -0.39 is 21.9 Å². The highest BCUT2D eigenvalue weighted by Gasteiger charge is 2.27. The monoisotopic (exact) mass is 863 g/mol. The molecule has 2 aromatic carbocycles. The largest absolute Gasteiger partial charge is 0.470 e. The van der Waals surface area contributed by atoms with Crippen molar-refractivity contribution in [1.82, 2.24) is 20.6 Å². The third-order valence-corrected chi connectivity index (χ3v) is 9.15. The van der Waals surface area contributed by atoms with Crippen molar-refractivity contribution in [2.45, 2.75) is 69.4 Å². The van der Waals surface area contributed by atoms with E-state index >= 15 is 0 Å². The van der Waals surface area contributed by atoms with Gasteiger partial charge in [0.15, 0.2) is 0 Å². The zero-order chi connectivity index (χ0) is 37.6. The summed E-state index contributed by atoms with van der Waals surface area (Å²) in [7, 11) is 0. The van der Waals surface area contributed by atoms with E-state index in [0.29, 0.717) is 24.4 Å². The molecule has 0 saturated heterocycles. The van der Waals surface area contributed by atoms with E-state index in [4.69, 9.17) is 14.3 Å². The molecule has 15 heteroatoms. The first-order chi connectivity index (χ1) is 24.2. The number of unbranched alkanes of at least 4 members (excludes halogenated alkanes) is 1. The molecule has 2 amide bonds. The molecule has 274 valence electrons.